The quantitative estimate of drug-likeness (QED) is 0.761. The molecule has 1 saturated heterocycles. The fourth-order valence-corrected chi connectivity index (χ4v) is 2.10. The smallest absolute Gasteiger partial charge is 0.246 e. The van der Waals surface area contributed by atoms with Gasteiger partial charge in [-0.2, -0.15) is 0 Å². The van der Waals surface area contributed by atoms with E-state index in [1.165, 1.54) is 6.08 Å². The van der Waals surface area contributed by atoms with Crippen LogP contribution in [0, 0.1) is 13.8 Å². The Hall–Kier alpha value is -1.62. The van der Waals surface area contributed by atoms with Crippen molar-refractivity contribution in [2.45, 2.75) is 33.0 Å². The molecule has 2 rings (SSSR count). The van der Waals surface area contributed by atoms with Gasteiger partial charge in [-0.15, -0.1) is 0 Å². The van der Waals surface area contributed by atoms with Crippen LogP contribution in [0.3, 0.4) is 0 Å². The highest BCUT2D eigenvalue weighted by Gasteiger charge is 2.25. The van der Waals surface area contributed by atoms with Gasteiger partial charge in [0.15, 0.2) is 0 Å². The van der Waals surface area contributed by atoms with Crippen molar-refractivity contribution < 1.29 is 14.1 Å². The van der Waals surface area contributed by atoms with Gasteiger partial charge in [0, 0.05) is 18.7 Å². The first kappa shape index (κ1) is 12.8. The van der Waals surface area contributed by atoms with Crippen molar-refractivity contribution in [2.75, 3.05) is 13.1 Å². The first-order chi connectivity index (χ1) is 8.61. The molecule has 0 aliphatic carbocycles. The maximum atomic E-state index is 11.4. The fourth-order valence-electron chi connectivity index (χ4n) is 2.10. The largest absolute Gasteiger partial charge is 0.371 e. The standard InChI is InChI=1S/C13H18N2O3/c1-4-13(16)15-6-5-11(7-15)17-8-12-9(2)14-18-10(12)3/h4,11H,1,5-8H2,2-3H3/t11-/m0/s1. The molecule has 1 amide bonds. The number of hydrogen-bond acceptors (Lipinski definition) is 4. The van der Waals surface area contributed by atoms with Crippen LogP contribution in [0.1, 0.15) is 23.4 Å². The lowest BCUT2D eigenvalue weighted by molar-refractivity contribution is -0.125. The summed E-state index contributed by atoms with van der Waals surface area (Å²) >= 11 is 0. The molecular weight excluding hydrogens is 232 g/mol. The Morgan fingerprint density at radius 2 is 2.44 bits per heavy atom. The lowest BCUT2D eigenvalue weighted by atomic mass is 10.2. The zero-order valence-corrected chi connectivity index (χ0v) is 10.8. The van der Waals surface area contributed by atoms with Crippen molar-refractivity contribution in [3.8, 4) is 0 Å². The van der Waals surface area contributed by atoms with Crippen molar-refractivity contribution >= 4 is 5.91 Å². The zero-order valence-electron chi connectivity index (χ0n) is 10.8. The molecule has 0 unspecified atom stereocenters. The third-order valence-corrected chi connectivity index (χ3v) is 3.28. The Morgan fingerprint density at radius 3 is 3.06 bits per heavy atom. The van der Waals surface area contributed by atoms with E-state index in [1.807, 2.05) is 13.8 Å². The van der Waals surface area contributed by atoms with Crippen molar-refractivity contribution in [2.24, 2.45) is 0 Å². The van der Waals surface area contributed by atoms with Crippen LogP contribution < -0.4 is 0 Å². The van der Waals surface area contributed by atoms with Crippen molar-refractivity contribution in [1.29, 1.82) is 0 Å². The molecule has 1 aliphatic heterocycles. The van der Waals surface area contributed by atoms with Crippen LogP contribution in [0.25, 0.3) is 0 Å². The van der Waals surface area contributed by atoms with Crippen LogP contribution in [-0.4, -0.2) is 35.2 Å². The number of ether oxygens (including phenoxy) is 1. The van der Waals surface area contributed by atoms with E-state index in [0.717, 1.165) is 30.0 Å². The third-order valence-electron chi connectivity index (χ3n) is 3.28. The Labute approximate surface area is 106 Å². The van der Waals surface area contributed by atoms with Gasteiger partial charge in [-0.25, -0.2) is 0 Å². The molecule has 5 heteroatoms. The van der Waals surface area contributed by atoms with Crippen LogP contribution in [0.2, 0.25) is 0 Å². The van der Waals surface area contributed by atoms with Crippen LogP contribution in [-0.2, 0) is 16.1 Å². The Kier molecular flexibility index (Phi) is 3.81. The maximum Gasteiger partial charge on any atom is 0.246 e. The molecule has 18 heavy (non-hydrogen) atoms. The molecular formula is C13H18N2O3. The summed E-state index contributed by atoms with van der Waals surface area (Å²) in [5, 5.41) is 3.89. The molecule has 1 aromatic heterocycles. The van der Waals surface area contributed by atoms with Gasteiger partial charge in [-0.3, -0.25) is 4.79 Å². The van der Waals surface area contributed by atoms with Gasteiger partial charge < -0.3 is 14.2 Å². The average molecular weight is 250 g/mol. The second-order valence-corrected chi connectivity index (χ2v) is 4.51. The Morgan fingerprint density at radius 1 is 1.67 bits per heavy atom. The predicted molar refractivity (Wildman–Crippen MR) is 65.9 cm³/mol. The van der Waals surface area contributed by atoms with E-state index in [1.54, 1.807) is 4.90 Å². The maximum absolute atomic E-state index is 11.4. The summed E-state index contributed by atoms with van der Waals surface area (Å²) in [6.45, 7) is 9.12. The van der Waals surface area contributed by atoms with E-state index < -0.39 is 0 Å². The summed E-state index contributed by atoms with van der Waals surface area (Å²) in [7, 11) is 0. The molecule has 0 bridgehead atoms. The van der Waals surface area contributed by atoms with Crippen LogP contribution in [0.5, 0.6) is 0 Å². The molecule has 98 valence electrons. The first-order valence-electron chi connectivity index (χ1n) is 6.06. The minimum Gasteiger partial charge on any atom is -0.371 e. The van der Waals surface area contributed by atoms with E-state index in [2.05, 4.69) is 11.7 Å². The van der Waals surface area contributed by atoms with Crippen LogP contribution in [0.4, 0.5) is 0 Å². The van der Waals surface area contributed by atoms with E-state index in [4.69, 9.17) is 9.26 Å². The van der Waals surface area contributed by atoms with E-state index in [-0.39, 0.29) is 12.0 Å². The third kappa shape index (κ3) is 2.61. The predicted octanol–water partition coefficient (Wildman–Crippen LogP) is 1.59. The molecule has 1 aliphatic rings. The number of amides is 1. The summed E-state index contributed by atoms with van der Waals surface area (Å²) < 4.78 is 10.9. The highest BCUT2D eigenvalue weighted by molar-refractivity contribution is 5.87. The minimum atomic E-state index is -0.0292. The van der Waals surface area contributed by atoms with E-state index in [0.29, 0.717) is 13.2 Å². The highest BCUT2D eigenvalue weighted by Crippen LogP contribution is 2.18. The summed E-state index contributed by atoms with van der Waals surface area (Å²) in [6.07, 6.45) is 2.29. The van der Waals surface area contributed by atoms with Gasteiger partial charge in [-0.05, 0) is 26.3 Å². The molecule has 5 nitrogen and oxygen atoms in total. The molecule has 2 heterocycles. The van der Waals surface area contributed by atoms with Gasteiger partial charge in [0.05, 0.1) is 18.4 Å². The van der Waals surface area contributed by atoms with Crippen molar-refractivity contribution in [3.63, 3.8) is 0 Å². The minimum absolute atomic E-state index is 0.0292. The topological polar surface area (TPSA) is 55.6 Å². The molecule has 1 atom stereocenters. The second-order valence-electron chi connectivity index (χ2n) is 4.51. The number of likely N-dealkylation sites (tertiary alicyclic amines) is 1. The number of rotatable bonds is 4. The summed E-state index contributed by atoms with van der Waals surface area (Å²) in [6, 6.07) is 0. The highest BCUT2D eigenvalue weighted by atomic mass is 16.5. The Balaban J connectivity index is 1.86. The van der Waals surface area contributed by atoms with Gasteiger partial charge >= 0.3 is 0 Å². The normalized spacial score (nSPS) is 19.2. The monoisotopic (exact) mass is 250 g/mol. The Bertz CT molecular complexity index is 434. The van der Waals surface area contributed by atoms with Gasteiger partial charge in [-0.1, -0.05) is 11.7 Å². The number of nitrogens with zero attached hydrogens (tertiary/aromatic N) is 2. The van der Waals surface area contributed by atoms with Crippen molar-refractivity contribution in [1.82, 2.24) is 10.1 Å². The molecule has 0 spiro atoms. The SMILES string of the molecule is C=CC(=O)N1CC[C@H](OCc2c(C)noc2C)C1. The fraction of sp³-hybridized carbons (Fsp3) is 0.538. The van der Waals surface area contributed by atoms with Crippen molar-refractivity contribution in [3.05, 3.63) is 29.7 Å². The summed E-state index contributed by atoms with van der Waals surface area (Å²) in [5.74, 6) is 0.767. The van der Waals surface area contributed by atoms with E-state index in [9.17, 15) is 4.79 Å². The number of carbonyl (C=O) groups is 1. The molecule has 0 aromatic carbocycles. The molecule has 0 radical (unpaired) electrons. The molecule has 0 saturated carbocycles. The van der Waals surface area contributed by atoms with E-state index >= 15 is 0 Å². The average Bonchev–Trinajstić information content (AvgIpc) is 2.95. The van der Waals surface area contributed by atoms with Gasteiger partial charge in [0.1, 0.15) is 5.76 Å². The number of hydrogen-bond donors (Lipinski definition) is 0. The summed E-state index contributed by atoms with van der Waals surface area (Å²) in [4.78, 5) is 13.2. The van der Waals surface area contributed by atoms with Gasteiger partial charge in [0.25, 0.3) is 0 Å². The lowest BCUT2D eigenvalue weighted by Gasteiger charge is -2.14. The van der Waals surface area contributed by atoms with Crippen LogP contribution >= 0.6 is 0 Å². The zero-order chi connectivity index (χ0) is 13.1. The molecule has 1 aromatic rings. The number of carbonyl (C=O) groups excluding carboxylic acids is 1. The lowest BCUT2D eigenvalue weighted by Crippen LogP contribution is -2.28. The molecule has 0 N–H and O–H groups in total. The second kappa shape index (κ2) is 5.35. The number of aromatic nitrogens is 1. The van der Waals surface area contributed by atoms with Gasteiger partial charge in [0.2, 0.25) is 5.91 Å². The first-order valence-corrected chi connectivity index (χ1v) is 6.06. The van der Waals surface area contributed by atoms with Crippen LogP contribution in [0.15, 0.2) is 17.2 Å². The number of aryl methyl sites for hydroxylation is 2. The summed E-state index contributed by atoms with van der Waals surface area (Å²) in [5.41, 5.74) is 1.87. The molecule has 1 fully saturated rings.